The molecule has 0 aromatic heterocycles. The SMILES string of the molecule is Cc1ccc(NC(=O)C(C)N2CCN(CCCOCC(F)(F)F)CC2)c(Br)c1. The number of anilines is 1. The molecular formula is C19H27BrF3N3O2. The number of benzene rings is 1. The molecule has 5 nitrogen and oxygen atoms in total. The summed E-state index contributed by atoms with van der Waals surface area (Å²) in [5, 5.41) is 2.96. The highest BCUT2D eigenvalue weighted by molar-refractivity contribution is 9.10. The summed E-state index contributed by atoms with van der Waals surface area (Å²) in [6, 6.07) is 5.52. The molecule has 0 bridgehead atoms. The Labute approximate surface area is 172 Å². The van der Waals surface area contributed by atoms with E-state index in [0.717, 1.165) is 41.9 Å². The van der Waals surface area contributed by atoms with Crippen molar-refractivity contribution in [2.45, 2.75) is 32.5 Å². The molecule has 1 fully saturated rings. The molecule has 0 radical (unpaired) electrons. The molecule has 1 amide bonds. The number of amides is 1. The normalized spacial score (nSPS) is 17.5. The van der Waals surface area contributed by atoms with Gasteiger partial charge < -0.3 is 15.0 Å². The number of rotatable bonds is 8. The van der Waals surface area contributed by atoms with Crippen LogP contribution < -0.4 is 5.32 Å². The van der Waals surface area contributed by atoms with E-state index in [1.807, 2.05) is 32.0 Å². The highest BCUT2D eigenvalue weighted by Crippen LogP contribution is 2.24. The molecule has 1 aromatic carbocycles. The van der Waals surface area contributed by atoms with Crippen molar-refractivity contribution in [2.24, 2.45) is 0 Å². The van der Waals surface area contributed by atoms with Crippen LogP contribution in [0.3, 0.4) is 0 Å². The van der Waals surface area contributed by atoms with E-state index >= 15 is 0 Å². The van der Waals surface area contributed by atoms with Gasteiger partial charge in [-0.05, 0) is 53.9 Å². The second kappa shape index (κ2) is 10.6. The minimum atomic E-state index is -4.27. The Morgan fingerprint density at radius 1 is 1.29 bits per heavy atom. The molecule has 1 aromatic rings. The highest BCUT2D eigenvalue weighted by atomic mass is 79.9. The lowest BCUT2D eigenvalue weighted by molar-refractivity contribution is -0.174. The summed E-state index contributed by atoms with van der Waals surface area (Å²) in [7, 11) is 0. The van der Waals surface area contributed by atoms with Crippen LogP contribution in [0.15, 0.2) is 22.7 Å². The molecule has 1 heterocycles. The average Bonchev–Trinajstić information content (AvgIpc) is 2.62. The molecule has 9 heteroatoms. The number of nitrogens with zero attached hydrogens (tertiary/aromatic N) is 2. The van der Waals surface area contributed by atoms with E-state index in [1.54, 1.807) is 0 Å². The summed E-state index contributed by atoms with van der Waals surface area (Å²) in [6.45, 7) is 6.53. The second-order valence-electron chi connectivity index (χ2n) is 7.05. The summed E-state index contributed by atoms with van der Waals surface area (Å²) in [5.41, 5.74) is 1.86. The van der Waals surface area contributed by atoms with Crippen LogP contribution in [-0.2, 0) is 9.53 Å². The minimum absolute atomic E-state index is 0.0569. The van der Waals surface area contributed by atoms with Crippen molar-refractivity contribution in [1.29, 1.82) is 0 Å². The van der Waals surface area contributed by atoms with Gasteiger partial charge in [0.25, 0.3) is 0 Å². The quantitative estimate of drug-likeness (QED) is 0.594. The number of carbonyl (C=O) groups excluding carboxylic acids is 1. The first-order valence-electron chi connectivity index (χ1n) is 9.33. The molecule has 0 aliphatic carbocycles. The fraction of sp³-hybridized carbons (Fsp3) is 0.632. The molecular weight excluding hydrogens is 439 g/mol. The molecule has 1 aliphatic heterocycles. The Morgan fingerprint density at radius 3 is 2.57 bits per heavy atom. The Balaban J connectivity index is 1.69. The van der Waals surface area contributed by atoms with E-state index in [-0.39, 0.29) is 18.6 Å². The van der Waals surface area contributed by atoms with Crippen LogP contribution in [0.4, 0.5) is 18.9 Å². The lowest BCUT2D eigenvalue weighted by Gasteiger charge is -2.37. The topological polar surface area (TPSA) is 44.8 Å². The zero-order valence-electron chi connectivity index (χ0n) is 16.2. The van der Waals surface area contributed by atoms with Crippen molar-refractivity contribution >= 4 is 27.5 Å². The zero-order valence-corrected chi connectivity index (χ0v) is 17.8. The van der Waals surface area contributed by atoms with Crippen LogP contribution in [0.1, 0.15) is 18.9 Å². The summed E-state index contributed by atoms with van der Waals surface area (Å²) in [5.74, 6) is -0.0569. The first-order valence-corrected chi connectivity index (χ1v) is 10.1. The zero-order chi connectivity index (χ0) is 20.7. The number of halogens is 4. The minimum Gasteiger partial charge on any atom is -0.372 e. The van der Waals surface area contributed by atoms with Crippen molar-refractivity contribution < 1.29 is 22.7 Å². The molecule has 0 spiro atoms. The van der Waals surface area contributed by atoms with Gasteiger partial charge in [0.2, 0.25) is 5.91 Å². The average molecular weight is 466 g/mol. The van der Waals surface area contributed by atoms with Gasteiger partial charge in [-0.15, -0.1) is 0 Å². The standard InChI is InChI=1S/C19H27BrF3N3O2/c1-14-4-5-17(16(20)12-14)24-18(27)15(2)26-9-7-25(8-10-26)6-3-11-28-13-19(21,22)23/h4-5,12,15H,3,6-11,13H2,1-2H3,(H,24,27). The maximum atomic E-state index is 12.6. The number of nitrogens with one attached hydrogen (secondary N) is 1. The van der Waals surface area contributed by atoms with Crippen LogP contribution in [0.5, 0.6) is 0 Å². The monoisotopic (exact) mass is 465 g/mol. The first kappa shape index (κ1) is 23.1. The Bertz CT molecular complexity index is 650. The Morgan fingerprint density at radius 2 is 1.96 bits per heavy atom. The molecule has 1 atom stereocenters. The van der Waals surface area contributed by atoms with Crippen LogP contribution in [0.25, 0.3) is 0 Å². The summed E-state index contributed by atoms with van der Waals surface area (Å²) < 4.78 is 41.6. The van der Waals surface area contributed by atoms with E-state index < -0.39 is 12.8 Å². The predicted molar refractivity (Wildman–Crippen MR) is 106 cm³/mol. The largest absolute Gasteiger partial charge is 0.411 e. The third-order valence-electron chi connectivity index (χ3n) is 4.75. The lowest BCUT2D eigenvalue weighted by Crippen LogP contribution is -2.52. The van der Waals surface area contributed by atoms with Gasteiger partial charge in [0.1, 0.15) is 6.61 Å². The van der Waals surface area contributed by atoms with Crippen molar-refractivity contribution in [2.75, 3.05) is 51.3 Å². The number of ether oxygens (including phenoxy) is 1. The van der Waals surface area contributed by atoms with Crippen molar-refractivity contribution in [3.63, 3.8) is 0 Å². The maximum absolute atomic E-state index is 12.6. The third kappa shape index (κ3) is 7.69. The fourth-order valence-electron chi connectivity index (χ4n) is 3.08. The summed E-state index contributed by atoms with van der Waals surface area (Å²) >= 11 is 3.47. The number of aryl methyl sites for hydroxylation is 1. The van der Waals surface area contributed by atoms with Gasteiger partial charge in [0.05, 0.1) is 11.7 Å². The third-order valence-corrected chi connectivity index (χ3v) is 5.40. The predicted octanol–water partition coefficient (Wildman–Crippen LogP) is 3.67. The molecule has 28 heavy (non-hydrogen) atoms. The van der Waals surface area contributed by atoms with E-state index in [0.29, 0.717) is 13.0 Å². The fourth-order valence-corrected chi connectivity index (χ4v) is 3.67. The number of carbonyl (C=O) groups is 1. The van der Waals surface area contributed by atoms with Gasteiger partial charge in [0, 0.05) is 43.8 Å². The molecule has 0 saturated carbocycles. The van der Waals surface area contributed by atoms with Gasteiger partial charge in [-0.3, -0.25) is 9.69 Å². The molecule has 1 saturated heterocycles. The van der Waals surface area contributed by atoms with Gasteiger partial charge >= 0.3 is 6.18 Å². The van der Waals surface area contributed by atoms with Gasteiger partial charge in [-0.25, -0.2) is 0 Å². The number of hydrogen-bond acceptors (Lipinski definition) is 4. The number of hydrogen-bond donors (Lipinski definition) is 1. The van der Waals surface area contributed by atoms with Gasteiger partial charge in [-0.2, -0.15) is 13.2 Å². The van der Waals surface area contributed by atoms with Gasteiger partial charge in [0.15, 0.2) is 0 Å². The van der Waals surface area contributed by atoms with Crippen LogP contribution in [-0.4, -0.2) is 73.9 Å². The van der Waals surface area contributed by atoms with E-state index in [2.05, 4.69) is 35.8 Å². The van der Waals surface area contributed by atoms with E-state index in [1.165, 1.54) is 0 Å². The Hall–Kier alpha value is -1.16. The van der Waals surface area contributed by atoms with Crippen LogP contribution in [0, 0.1) is 6.92 Å². The Kier molecular flexibility index (Phi) is 8.73. The van der Waals surface area contributed by atoms with Crippen molar-refractivity contribution in [1.82, 2.24) is 9.80 Å². The molecule has 158 valence electrons. The van der Waals surface area contributed by atoms with Crippen LogP contribution in [0.2, 0.25) is 0 Å². The number of alkyl halides is 3. The smallest absolute Gasteiger partial charge is 0.372 e. The van der Waals surface area contributed by atoms with E-state index in [4.69, 9.17) is 0 Å². The summed E-state index contributed by atoms with van der Waals surface area (Å²) in [6.07, 6.45) is -3.70. The van der Waals surface area contributed by atoms with Crippen molar-refractivity contribution in [3.05, 3.63) is 28.2 Å². The molecule has 1 unspecified atom stereocenters. The van der Waals surface area contributed by atoms with E-state index in [9.17, 15) is 18.0 Å². The lowest BCUT2D eigenvalue weighted by atomic mass is 10.2. The first-order chi connectivity index (χ1) is 13.2. The maximum Gasteiger partial charge on any atom is 0.411 e. The molecule has 1 aliphatic rings. The van der Waals surface area contributed by atoms with Gasteiger partial charge in [-0.1, -0.05) is 6.07 Å². The molecule has 1 N–H and O–H groups in total. The van der Waals surface area contributed by atoms with Crippen molar-refractivity contribution in [3.8, 4) is 0 Å². The second-order valence-corrected chi connectivity index (χ2v) is 7.90. The highest BCUT2D eigenvalue weighted by Gasteiger charge is 2.28. The van der Waals surface area contributed by atoms with Crippen LogP contribution >= 0.6 is 15.9 Å². The number of piperazine rings is 1. The summed E-state index contributed by atoms with van der Waals surface area (Å²) in [4.78, 5) is 16.9. The molecule has 2 rings (SSSR count).